The molecule has 2 aliphatic heterocycles. The Morgan fingerprint density at radius 3 is 2.67 bits per heavy atom. The van der Waals surface area contributed by atoms with E-state index in [0.717, 1.165) is 6.42 Å². The summed E-state index contributed by atoms with van der Waals surface area (Å²) < 4.78 is 27.5. The van der Waals surface area contributed by atoms with Crippen LogP contribution >= 0.6 is 0 Å². The molecular formula is C25H27FN8O6. The Kier molecular flexibility index (Phi) is 6.89. The molecule has 0 saturated carbocycles. The van der Waals surface area contributed by atoms with E-state index >= 15 is 0 Å². The van der Waals surface area contributed by atoms with Gasteiger partial charge in [-0.3, -0.25) is 9.36 Å². The van der Waals surface area contributed by atoms with Crippen molar-refractivity contribution in [3.63, 3.8) is 0 Å². The second-order valence-corrected chi connectivity index (χ2v) is 9.74. The van der Waals surface area contributed by atoms with Crippen LogP contribution in [0.25, 0.3) is 17.1 Å². The molecule has 0 radical (unpaired) electrons. The molecule has 3 aromatic heterocycles. The Morgan fingerprint density at radius 2 is 2.00 bits per heavy atom. The lowest BCUT2D eigenvalue weighted by atomic mass is 9.93. The fourth-order valence-electron chi connectivity index (χ4n) is 5.02. The SMILES string of the molecule is NC(=O)C(c1ccc(F)cc1)c1cnn(-c2nc(N[C@@H]3CCOC3)c3ncn([C@@H]4O[C@H](CO)[C@@H](O)[C@@H]4O)c3n2)c1. The summed E-state index contributed by atoms with van der Waals surface area (Å²) >= 11 is 0. The third-order valence-corrected chi connectivity index (χ3v) is 7.10. The number of carbonyl (C=O) groups is 1. The van der Waals surface area contributed by atoms with Crippen LogP contribution in [0.3, 0.4) is 0 Å². The van der Waals surface area contributed by atoms with Gasteiger partial charge in [0.15, 0.2) is 23.2 Å². The number of aliphatic hydroxyl groups excluding tert-OH is 3. The Labute approximate surface area is 226 Å². The predicted molar refractivity (Wildman–Crippen MR) is 136 cm³/mol. The number of halogens is 1. The molecule has 1 amide bonds. The monoisotopic (exact) mass is 554 g/mol. The summed E-state index contributed by atoms with van der Waals surface area (Å²) in [5.41, 5.74) is 7.27. The van der Waals surface area contributed by atoms with Gasteiger partial charge in [0.05, 0.1) is 37.7 Å². The fraction of sp³-hybridized carbons (Fsp3) is 0.400. The molecule has 0 spiro atoms. The molecule has 0 aliphatic carbocycles. The summed E-state index contributed by atoms with van der Waals surface area (Å²) in [7, 11) is 0. The number of imidazole rings is 1. The van der Waals surface area contributed by atoms with Gasteiger partial charge in [-0.15, -0.1) is 0 Å². The minimum Gasteiger partial charge on any atom is -0.394 e. The van der Waals surface area contributed by atoms with Crippen molar-refractivity contribution < 1.29 is 34.0 Å². The fourth-order valence-corrected chi connectivity index (χ4v) is 5.02. The molecule has 2 saturated heterocycles. The summed E-state index contributed by atoms with van der Waals surface area (Å²) in [5, 5.41) is 38.1. The first-order valence-electron chi connectivity index (χ1n) is 12.6. The third-order valence-electron chi connectivity index (χ3n) is 7.10. The summed E-state index contributed by atoms with van der Waals surface area (Å²) in [6.45, 7) is 0.581. The molecule has 2 aliphatic rings. The van der Waals surface area contributed by atoms with E-state index in [1.54, 1.807) is 6.20 Å². The van der Waals surface area contributed by atoms with Crippen LogP contribution in [0.5, 0.6) is 0 Å². The van der Waals surface area contributed by atoms with Crippen molar-refractivity contribution in [3.05, 3.63) is 59.9 Å². The van der Waals surface area contributed by atoms with E-state index in [-0.39, 0.29) is 17.6 Å². The number of nitrogens with two attached hydrogens (primary N) is 1. The lowest BCUT2D eigenvalue weighted by Gasteiger charge is -2.17. The summed E-state index contributed by atoms with van der Waals surface area (Å²) in [6, 6.07) is 5.43. The van der Waals surface area contributed by atoms with E-state index in [4.69, 9.17) is 15.2 Å². The Morgan fingerprint density at radius 1 is 1.20 bits per heavy atom. The minimum absolute atomic E-state index is 0.0316. The molecule has 1 unspecified atom stereocenters. The molecule has 14 nitrogen and oxygen atoms in total. The first kappa shape index (κ1) is 26.2. The average Bonchev–Trinajstić information content (AvgIpc) is 3.74. The van der Waals surface area contributed by atoms with E-state index < -0.39 is 48.8 Å². The van der Waals surface area contributed by atoms with E-state index in [1.807, 2.05) is 0 Å². The number of aliphatic hydroxyl groups is 3. The largest absolute Gasteiger partial charge is 0.394 e. The smallest absolute Gasteiger partial charge is 0.254 e. The van der Waals surface area contributed by atoms with Crippen molar-refractivity contribution in [2.24, 2.45) is 5.73 Å². The molecular weight excluding hydrogens is 527 g/mol. The quantitative estimate of drug-likeness (QED) is 0.190. The Bertz CT molecular complexity index is 1520. The van der Waals surface area contributed by atoms with Gasteiger partial charge >= 0.3 is 0 Å². The maximum Gasteiger partial charge on any atom is 0.254 e. The number of hydrogen-bond donors (Lipinski definition) is 5. The zero-order chi connectivity index (χ0) is 28.0. The topological polar surface area (TPSA) is 196 Å². The van der Waals surface area contributed by atoms with Crippen LogP contribution < -0.4 is 11.1 Å². The van der Waals surface area contributed by atoms with Crippen molar-refractivity contribution in [2.75, 3.05) is 25.1 Å². The molecule has 5 heterocycles. The number of amides is 1. The minimum atomic E-state index is -1.35. The average molecular weight is 555 g/mol. The summed E-state index contributed by atoms with van der Waals surface area (Å²) in [4.78, 5) is 26.0. The molecule has 6 rings (SSSR count). The molecule has 0 bridgehead atoms. The number of anilines is 1. The van der Waals surface area contributed by atoms with Crippen LogP contribution in [-0.2, 0) is 14.3 Å². The van der Waals surface area contributed by atoms with Crippen LogP contribution in [0, 0.1) is 5.82 Å². The molecule has 6 atom stereocenters. The van der Waals surface area contributed by atoms with Crippen LogP contribution in [0.4, 0.5) is 10.2 Å². The molecule has 15 heteroatoms. The maximum atomic E-state index is 13.5. The predicted octanol–water partition coefficient (Wildman–Crippen LogP) is -0.419. The zero-order valence-corrected chi connectivity index (χ0v) is 21.0. The number of primary amides is 1. The second kappa shape index (κ2) is 10.5. The number of ether oxygens (including phenoxy) is 2. The lowest BCUT2D eigenvalue weighted by Crippen LogP contribution is -2.33. The molecule has 40 heavy (non-hydrogen) atoms. The lowest BCUT2D eigenvalue weighted by molar-refractivity contribution is -0.118. The molecule has 1 aromatic carbocycles. The number of rotatable bonds is 8. The first-order chi connectivity index (χ1) is 19.3. The second-order valence-electron chi connectivity index (χ2n) is 9.74. The summed E-state index contributed by atoms with van der Waals surface area (Å²) in [5.74, 6) is -1.49. The van der Waals surface area contributed by atoms with Gasteiger partial charge in [-0.2, -0.15) is 15.1 Å². The van der Waals surface area contributed by atoms with Gasteiger partial charge in [-0.25, -0.2) is 14.1 Å². The number of hydrogen-bond acceptors (Lipinski definition) is 11. The van der Waals surface area contributed by atoms with Gasteiger partial charge in [-0.1, -0.05) is 12.1 Å². The first-order valence-corrected chi connectivity index (χ1v) is 12.6. The van der Waals surface area contributed by atoms with Crippen LogP contribution in [0.1, 0.15) is 29.7 Å². The van der Waals surface area contributed by atoms with E-state index in [2.05, 4.69) is 25.4 Å². The van der Waals surface area contributed by atoms with Crippen molar-refractivity contribution in [3.8, 4) is 5.95 Å². The standard InChI is InChI=1S/C25H27FN8O6/c26-14-3-1-12(2-4-14)17(21(27)38)13-7-29-34(8-13)25-31-22(30-15-5-6-39-10-15)18-23(32-25)33(11-28-18)24-20(37)19(36)16(9-35)40-24/h1-4,7-8,11,15-17,19-20,24,35-37H,5-6,9-10H2,(H2,27,38)(H,30,31,32)/t15-,16-,17?,19-,20+,24-/m1/s1. The van der Waals surface area contributed by atoms with Crippen LogP contribution in [0.2, 0.25) is 0 Å². The maximum absolute atomic E-state index is 13.5. The molecule has 4 aromatic rings. The molecule has 2 fully saturated rings. The highest BCUT2D eigenvalue weighted by molar-refractivity contribution is 5.86. The van der Waals surface area contributed by atoms with Crippen molar-refractivity contribution in [1.29, 1.82) is 0 Å². The van der Waals surface area contributed by atoms with Gasteiger partial charge in [-0.05, 0) is 24.1 Å². The summed E-state index contributed by atoms with van der Waals surface area (Å²) in [6.07, 6.45) is 0.435. The van der Waals surface area contributed by atoms with Gasteiger partial charge in [0.2, 0.25) is 5.91 Å². The number of carbonyl (C=O) groups excluding carboxylic acids is 1. The number of aromatic nitrogens is 6. The van der Waals surface area contributed by atoms with Gasteiger partial charge in [0, 0.05) is 18.4 Å². The highest BCUT2D eigenvalue weighted by Gasteiger charge is 2.44. The van der Waals surface area contributed by atoms with Crippen LogP contribution in [0.15, 0.2) is 43.0 Å². The van der Waals surface area contributed by atoms with Crippen molar-refractivity contribution in [2.45, 2.75) is 42.9 Å². The van der Waals surface area contributed by atoms with Crippen LogP contribution in [-0.4, -0.2) is 94.7 Å². The van der Waals surface area contributed by atoms with Gasteiger partial charge in [0.25, 0.3) is 5.95 Å². The molecule has 6 N–H and O–H groups in total. The number of fused-ring (bicyclic) bond motifs is 1. The number of benzene rings is 1. The highest BCUT2D eigenvalue weighted by Crippen LogP contribution is 2.33. The highest BCUT2D eigenvalue weighted by atomic mass is 19.1. The van der Waals surface area contributed by atoms with Crippen molar-refractivity contribution >= 4 is 22.9 Å². The van der Waals surface area contributed by atoms with E-state index in [0.29, 0.717) is 35.7 Å². The number of nitrogens with one attached hydrogen (secondary N) is 1. The Hall–Kier alpha value is -4.02. The number of nitrogens with zero attached hydrogens (tertiary/aromatic N) is 6. The van der Waals surface area contributed by atoms with Crippen molar-refractivity contribution in [1.82, 2.24) is 29.3 Å². The molecule has 210 valence electrons. The van der Waals surface area contributed by atoms with E-state index in [1.165, 1.54) is 46.0 Å². The normalized spacial score (nSPS) is 25.4. The third kappa shape index (κ3) is 4.67. The van der Waals surface area contributed by atoms with E-state index in [9.17, 15) is 24.5 Å². The Balaban J connectivity index is 1.42. The van der Waals surface area contributed by atoms with Gasteiger partial charge < -0.3 is 35.8 Å². The zero-order valence-electron chi connectivity index (χ0n) is 21.0. The van der Waals surface area contributed by atoms with Gasteiger partial charge in [0.1, 0.15) is 24.1 Å².